The molecule has 0 aromatic heterocycles. The molecule has 1 unspecified atom stereocenters. The molecule has 1 aliphatic carbocycles. The van der Waals surface area contributed by atoms with E-state index in [0.29, 0.717) is 6.04 Å². The summed E-state index contributed by atoms with van der Waals surface area (Å²) >= 11 is 0. The molecule has 0 spiro atoms. The smallest absolute Gasteiger partial charge is 0.319 e. The number of carbonyl (C=O) groups is 2. The first-order chi connectivity index (χ1) is 11.9. The van der Waals surface area contributed by atoms with E-state index in [9.17, 15) is 9.59 Å². The van der Waals surface area contributed by atoms with E-state index in [1.807, 2.05) is 25.1 Å². The molecular weight excluding hydrogens is 316 g/mol. The number of benzene rings is 1. The maximum atomic E-state index is 12.3. The van der Waals surface area contributed by atoms with Gasteiger partial charge in [-0.1, -0.05) is 6.07 Å². The van der Waals surface area contributed by atoms with Gasteiger partial charge in [0.05, 0.1) is 0 Å². The second-order valence-corrected chi connectivity index (χ2v) is 7.47. The maximum absolute atomic E-state index is 12.3. The molecule has 25 heavy (non-hydrogen) atoms. The van der Waals surface area contributed by atoms with Gasteiger partial charge in [0.1, 0.15) is 0 Å². The zero-order valence-electron chi connectivity index (χ0n) is 15.3. The average molecular weight is 344 g/mol. The Balaban J connectivity index is 1.56. The number of hydrogen-bond donors (Lipinski definition) is 3. The molecule has 1 atom stereocenters. The highest BCUT2D eigenvalue weighted by molar-refractivity contribution is 5.96. The Kier molecular flexibility index (Phi) is 5.27. The van der Waals surface area contributed by atoms with Gasteiger partial charge < -0.3 is 16.0 Å². The van der Waals surface area contributed by atoms with Crippen LogP contribution in [0.25, 0.3) is 0 Å². The summed E-state index contributed by atoms with van der Waals surface area (Å²) in [6, 6.07) is 6.10. The van der Waals surface area contributed by atoms with E-state index >= 15 is 0 Å². The Morgan fingerprint density at radius 1 is 1.16 bits per heavy atom. The number of amides is 3. The van der Waals surface area contributed by atoms with Crippen LogP contribution in [0.4, 0.5) is 16.2 Å². The van der Waals surface area contributed by atoms with Crippen LogP contribution in [-0.4, -0.2) is 42.0 Å². The van der Waals surface area contributed by atoms with Crippen molar-refractivity contribution in [1.29, 1.82) is 0 Å². The fourth-order valence-electron chi connectivity index (χ4n) is 3.14. The molecule has 1 aromatic rings. The summed E-state index contributed by atoms with van der Waals surface area (Å²) in [5.41, 5.74) is 2.42. The molecule has 3 N–H and O–H groups in total. The lowest BCUT2D eigenvalue weighted by molar-refractivity contribution is -0.117. The lowest BCUT2D eigenvalue weighted by Gasteiger charge is -2.20. The van der Waals surface area contributed by atoms with E-state index in [4.69, 9.17) is 0 Å². The first kappa shape index (κ1) is 17.7. The molecule has 3 rings (SSSR count). The molecule has 0 radical (unpaired) electrons. The molecule has 0 bridgehead atoms. The van der Waals surface area contributed by atoms with Crippen molar-refractivity contribution in [3.63, 3.8) is 0 Å². The minimum atomic E-state index is -0.190. The summed E-state index contributed by atoms with van der Waals surface area (Å²) in [5, 5.41) is 8.89. The Morgan fingerprint density at radius 2 is 1.92 bits per heavy atom. The minimum absolute atomic E-state index is 0.0685. The Labute approximate surface area is 149 Å². The standard InChI is InChI=1S/C19H28N4O2/c1-12(2)23-9-8-16(11-23)21-19(25)22-17-10-15(7-4-13(17)3)20-18(24)14-5-6-14/h4,7,10,12,14,16H,5-6,8-9,11H2,1-3H3,(H,20,24)(H2,21,22,25). The third-order valence-electron chi connectivity index (χ3n) is 4.99. The van der Waals surface area contributed by atoms with Crippen molar-refractivity contribution in [2.24, 2.45) is 5.92 Å². The lowest BCUT2D eigenvalue weighted by Crippen LogP contribution is -2.40. The number of anilines is 2. The summed E-state index contributed by atoms with van der Waals surface area (Å²) in [5.74, 6) is 0.228. The number of rotatable bonds is 5. The van der Waals surface area contributed by atoms with Gasteiger partial charge in [-0.05, 0) is 57.7 Å². The first-order valence-electron chi connectivity index (χ1n) is 9.15. The molecule has 1 aliphatic heterocycles. The van der Waals surface area contributed by atoms with E-state index in [-0.39, 0.29) is 23.9 Å². The van der Waals surface area contributed by atoms with E-state index < -0.39 is 0 Å². The van der Waals surface area contributed by atoms with Crippen LogP contribution >= 0.6 is 0 Å². The second-order valence-electron chi connectivity index (χ2n) is 7.47. The summed E-state index contributed by atoms with van der Waals surface area (Å²) in [6.07, 6.45) is 2.92. The number of likely N-dealkylation sites (tertiary alicyclic amines) is 1. The topological polar surface area (TPSA) is 73.5 Å². The summed E-state index contributed by atoms with van der Waals surface area (Å²) in [6.45, 7) is 8.20. The molecule has 1 saturated carbocycles. The molecule has 2 fully saturated rings. The van der Waals surface area contributed by atoms with E-state index in [2.05, 4.69) is 34.7 Å². The molecule has 1 aromatic carbocycles. The third kappa shape index (κ3) is 4.72. The number of aryl methyl sites for hydroxylation is 1. The predicted molar refractivity (Wildman–Crippen MR) is 99.8 cm³/mol. The van der Waals surface area contributed by atoms with Gasteiger partial charge in [0, 0.05) is 42.5 Å². The van der Waals surface area contributed by atoms with Crippen LogP contribution in [-0.2, 0) is 4.79 Å². The number of carbonyl (C=O) groups excluding carboxylic acids is 2. The van der Waals surface area contributed by atoms with Gasteiger partial charge >= 0.3 is 6.03 Å². The quantitative estimate of drug-likeness (QED) is 0.769. The zero-order valence-corrected chi connectivity index (χ0v) is 15.3. The van der Waals surface area contributed by atoms with Gasteiger partial charge in [0.15, 0.2) is 0 Å². The van der Waals surface area contributed by atoms with Crippen LogP contribution < -0.4 is 16.0 Å². The first-order valence-corrected chi connectivity index (χ1v) is 9.15. The van der Waals surface area contributed by atoms with Crippen molar-refractivity contribution in [3.05, 3.63) is 23.8 Å². The maximum Gasteiger partial charge on any atom is 0.319 e. The Bertz CT molecular complexity index is 655. The molecule has 136 valence electrons. The highest BCUT2D eigenvalue weighted by Gasteiger charge is 2.29. The van der Waals surface area contributed by atoms with Crippen LogP contribution in [0.2, 0.25) is 0 Å². The molecule has 6 nitrogen and oxygen atoms in total. The zero-order chi connectivity index (χ0) is 18.0. The van der Waals surface area contributed by atoms with Gasteiger partial charge in [0.25, 0.3) is 0 Å². The summed E-state index contributed by atoms with van der Waals surface area (Å²) < 4.78 is 0. The normalized spacial score (nSPS) is 20.6. The van der Waals surface area contributed by atoms with Crippen LogP contribution in [0.5, 0.6) is 0 Å². The van der Waals surface area contributed by atoms with Crippen LogP contribution in [0.1, 0.15) is 38.7 Å². The van der Waals surface area contributed by atoms with E-state index in [1.165, 1.54) is 0 Å². The van der Waals surface area contributed by atoms with Crippen molar-refractivity contribution in [2.75, 3.05) is 23.7 Å². The number of urea groups is 1. The molecule has 1 saturated heterocycles. The molecule has 6 heteroatoms. The molecular formula is C19H28N4O2. The fourth-order valence-corrected chi connectivity index (χ4v) is 3.14. The highest BCUT2D eigenvalue weighted by atomic mass is 16.2. The predicted octanol–water partition coefficient (Wildman–Crippen LogP) is 2.95. The number of nitrogens with zero attached hydrogens (tertiary/aromatic N) is 1. The fraction of sp³-hybridized carbons (Fsp3) is 0.579. The molecule has 2 aliphatic rings. The Morgan fingerprint density at radius 3 is 2.56 bits per heavy atom. The summed E-state index contributed by atoms with van der Waals surface area (Å²) in [4.78, 5) is 26.6. The highest BCUT2D eigenvalue weighted by Crippen LogP contribution is 2.30. The molecule has 3 amide bonds. The van der Waals surface area contributed by atoms with Gasteiger partial charge in [0.2, 0.25) is 5.91 Å². The van der Waals surface area contributed by atoms with Crippen molar-refractivity contribution < 1.29 is 9.59 Å². The van der Waals surface area contributed by atoms with Gasteiger partial charge in [-0.25, -0.2) is 4.79 Å². The van der Waals surface area contributed by atoms with Crippen molar-refractivity contribution in [3.8, 4) is 0 Å². The second kappa shape index (κ2) is 7.44. The average Bonchev–Trinajstić information content (AvgIpc) is 3.30. The number of hydrogen-bond acceptors (Lipinski definition) is 3. The SMILES string of the molecule is Cc1ccc(NC(=O)C2CC2)cc1NC(=O)NC1CCN(C(C)C)C1. The monoisotopic (exact) mass is 344 g/mol. The van der Waals surface area contributed by atoms with Crippen molar-refractivity contribution >= 4 is 23.3 Å². The van der Waals surface area contributed by atoms with Gasteiger partial charge in [-0.2, -0.15) is 0 Å². The third-order valence-corrected chi connectivity index (χ3v) is 4.99. The van der Waals surface area contributed by atoms with E-state index in [0.717, 1.165) is 49.3 Å². The number of nitrogens with one attached hydrogen (secondary N) is 3. The van der Waals surface area contributed by atoms with Gasteiger partial charge in [-0.15, -0.1) is 0 Å². The minimum Gasteiger partial charge on any atom is -0.334 e. The molecule has 1 heterocycles. The van der Waals surface area contributed by atoms with Crippen LogP contribution in [0.3, 0.4) is 0 Å². The van der Waals surface area contributed by atoms with Gasteiger partial charge in [-0.3, -0.25) is 9.69 Å². The van der Waals surface area contributed by atoms with Crippen LogP contribution in [0.15, 0.2) is 18.2 Å². The van der Waals surface area contributed by atoms with Crippen molar-refractivity contribution in [2.45, 2.75) is 52.1 Å². The lowest BCUT2D eigenvalue weighted by atomic mass is 10.1. The van der Waals surface area contributed by atoms with E-state index in [1.54, 1.807) is 0 Å². The van der Waals surface area contributed by atoms with Crippen molar-refractivity contribution in [1.82, 2.24) is 10.2 Å². The van der Waals surface area contributed by atoms with Crippen LogP contribution in [0, 0.1) is 12.8 Å². The summed E-state index contributed by atoms with van der Waals surface area (Å²) in [7, 11) is 0. The largest absolute Gasteiger partial charge is 0.334 e. The Hall–Kier alpha value is -2.08.